The lowest BCUT2D eigenvalue weighted by atomic mass is 10.1. The Labute approximate surface area is 155 Å². The molecule has 1 amide bonds. The number of likely N-dealkylation sites (N-methyl/N-ethyl adjacent to an activating group) is 2. The molecule has 0 saturated heterocycles. The number of carbonyl (C=O) groups is 1. The van der Waals surface area contributed by atoms with Crippen LogP contribution >= 0.6 is 11.6 Å². The highest BCUT2D eigenvalue weighted by Gasteiger charge is 2.24. The van der Waals surface area contributed by atoms with Crippen LogP contribution in [-0.4, -0.2) is 50.2 Å². The molecule has 0 radical (unpaired) electrons. The molecule has 2 atom stereocenters. The van der Waals surface area contributed by atoms with E-state index in [4.69, 9.17) is 16.3 Å². The average molecular weight is 371 g/mol. The zero-order valence-electron chi connectivity index (χ0n) is 15.7. The zero-order valence-corrected chi connectivity index (χ0v) is 16.4. The van der Waals surface area contributed by atoms with E-state index in [1.165, 1.54) is 19.2 Å². The third-order valence-electron chi connectivity index (χ3n) is 4.06. The third kappa shape index (κ3) is 6.33. The van der Waals surface area contributed by atoms with Crippen LogP contribution in [0.15, 0.2) is 30.4 Å². The average Bonchev–Trinajstić information content (AvgIpc) is 2.51. The number of anilines is 1. The molecule has 1 unspecified atom stereocenters. The fourth-order valence-electron chi connectivity index (χ4n) is 2.87. The Morgan fingerprint density at radius 2 is 2.04 bits per heavy atom. The fraction of sp³-hybridized carbons (Fsp3) is 0.526. The van der Waals surface area contributed by atoms with E-state index in [9.17, 15) is 9.18 Å². The summed E-state index contributed by atoms with van der Waals surface area (Å²) in [7, 11) is 3.27. The van der Waals surface area contributed by atoms with E-state index < -0.39 is 6.10 Å². The quantitative estimate of drug-likeness (QED) is 0.612. The Morgan fingerprint density at radius 3 is 2.52 bits per heavy atom. The van der Waals surface area contributed by atoms with Crippen molar-refractivity contribution in [2.45, 2.75) is 39.3 Å². The summed E-state index contributed by atoms with van der Waals surface area (Å²) in [6.07, 6.45) is -0.0428. The smallest absolute Gasteiger partial charge is 0.251 e. The van der Waals surface area contributed by atoms with Crippen LogP contribution in [0.3, 0.4) is 0 Å². The first-order chi connectivity index (χ1) is 11.7. The molecule has 6 heteroatoms. The lowest BCUT2D eigenvalue weighted by Crippen LogP contribution is -2.46. The minimum absolute atomic E-state index is 0.0147. The van der Waals surface area contributed by atoms with Crippen LogP contribution in [0.5, 0.6) is 0 Å². The number of rotatable bonds is 9. The second-order valence-electron chi connectivity index (χ2n) is 6.37. The summed E-state index contributed by atoms with van der Waals surface area (Å²) in [5, 5.41) is 0.353. The van der Waals surface area contributed by atoms with Crippen molar-refractivity contribution in [2.75, 3.05) is 32.1 Å². The zero-order chi connectivity index (χ0) is 19.1. The monoisotopic (exact) mass is 370 g/mol. The van der Waals surface area contributed by atoms with E-state index in [0.29, 0.717) is 30.2 Å². The highest BCUT2D eigenvalue weighted by Crippen LogP contribution is 2.24. The van der Waals surface area contributed by atoms with Crippen LogP contribution in [0.1, 0.15) is 27.2 Å². The van der Waals surface area contributed by atoms with Crippen LogP contribution in [-0.2, 0) is 9.53 Å². The summed E-state index contributed by atoms with van der Waals surface area (Å²) < 4.78 is 18.9. The Morgan fingerprint density at radius 1 is 1.40 bits per heavy atom. The number of hydrogen-bond donors (Lipinski definition) is 0. The third-order valence-corrected chi connectivity index (χ3v) is 4.28. The Kier molecular flexibility index (Phi) is 8.39. The van der Waals surface area contributed by atoms with Crippen molar-refractivity contribution >= 4 is 23.2 Å². The van der Waals surface area contributed by atoms with Gasteiger partial charge in [0.25, 0.3) is 5.91 Å². The molecule has 1 aromatic rings. The molecule has 25 heavy (non-hydrogen) atoms. The van der Waals surface area contributed by atoms with Gasteiger partial charge >= 0.3 is 0 Å². The molecule has 0 saturated carbocycles. The molecule has 1 rings (SSSR count). The lowest BCUT2D eigenvalue weighted by Gasteiger charge is -2.34. The van der Waals surface area contributed by atoms with Gasteiger partial charge in [-0.15, -0.1) is 6.58 Å². The van der Waals surface area contributed by atoms with Crippen molar-refractivity contribution in [3.8, 4) is 0 Å². The summed E-state index contributed by atoms with van der Waals surface area (Å²) in [5.41, 5.74) is 1.59. The van der Waals surface area contributed by atoms with E-state index in [1.807, 2.05) is 25.7 Å². The van der Waals surface area contributed by atoms with Gasteiger partial charge in [-0.2, -0.15) is 0 Å². The molecule has 0 spiro atoms. The fourth-order valence-corrected chi connectivity index (χ4v) is 3.09. The first kappa shape index (κ1) is 21.5. The minimum atomic E-state index is -0.534. The molecule has 0 N–H and O–H groups in total. The summed E-state index contributed by atoms with van der Waals surface area (Å²) in [4.78, 5) is 16.2. The van der Waals surface area contributed by atoms with E-state index in [1.54, 1.807) is 18.0 Å². The van der Waals surface area contributed by atoms with Crippen LogP contribution < -0.4 is 4.90 Å². The predicted molar refractivity (Wildman–Crippen MR) is 102 cm³/mol. The molecule has 0 fully saturated rings. The molecule has 0 aromatic heterocycles. The Balaban J connectivity index is 2.84. The highest BCUT2D eigenvalue weighted by atomic mass is 35.5. The summed E-state index contributed by atoms with van der Waals surface area (Å²) in [6, 6.07) is 4.44. The second kappa shape index (κ2) is 9.78. The van der Waals surface area contributed by atoms with Gasteiger partial charge in [-0.25, -0.2) is 4.39 Å². The number of nitrogens with zero attached hydrogens (tertiary/aromatic N) is 2. The van der Waals surface area contributed by atoms with Gasteiger partial charge in [-0.3, -0.25) is 4.79 Å². The van der Waals surface area contributed by atoms with Gasteiger partial charge < -0.3 is 14.5 Å². The number of amides is 1. The maximum absolute atomic E-state index is 13.7. The normalized spacial score (nSPS) is 13.2. The maximum Gasteiger partial charge on any atom is 0.251 e. The molecule has 0 aliphatic heterocycles. The van der Waals surface area contributed by atoms with Crippen LogP contribution in [0, 0.1) is 5.82 Å². The van der Waals surface area contributed by atoms with E-state index in [2.05, 4.69) is 6.58 Å². The van der Waals surface area contributed by atoms with Gasteiger partial charge in [-0.05, 0) is 39.0 Å². The van der Waals surface area contributed by atoms with Gasteiger partial charge in [0.15, 0.2) is 0 Å². The molecule has 140 valence electrons. The topological polar surface area (TPSA) is 32.8 Å². The first-order valence-electron chi connectivity index (χ1n) is 8.34. The van der Waals surface area contributed by atoms with Gasteiger partial charge in [0.05, 0.1) is 0 Å². The predicted octanol–water partition coefficient (Wildman–Crippen LogP) is 4.13. The molecular formula is C19H28ClFN2O2. The molecule has 4 nitrogen and oxygen atoms in total. The first-order valence-corrected chi connectivity index (χ1v) is 8.72. The number of methoxy groups -OCH3 is 1. The van der Waals surface area contributed by atoms with Gasteiger partial charge in [0.2, 0.25) is 0 Å². The standard InChI is InChI=1S/C19H28ClFN2O2/c1-7-23(17-10-15(20)9-16(21)11-17)14(4)12-22(5)19(24)18(25-6)8-13(2)3/h9-11,14,18H,2,7-8,12H2,1,3-6H3/t14-,18?/m0/s1. The second-order valence-corrected chi connectivity index (χ2v) is 6.80. The summed E-state index contributed by atoms with van der Waals surface area (Å²) in [5.74, 6) is -0.468. The van der Waals surface area contributed by atoms with Gasteiger partial charge in [0, 0.05) is 50.4 Å². The van der Waals surface area contributed by atoms with Crippen LogP contribution in [0.2, 0.25) is 5.02 Å². The Hall–Kier alpha value is -1.59. The SMILES string of the molecule is C=C(C)CC(OC)C(=O)N(C)C[C@H](C)N(CC)c1cc(F)cc(Cl)c1. The Bertz CT molecular complexity index is 589. The number of halogens is 2. The maximum atomic E-state index is 13.7. The van der Waals surface area contributed by atoms with E-state index in [0.717, 1.165) is 5.57 Å². The highest BCUT2D eigenvalue weighted by molar-refractivity contribution is 6.30. The van der Waals surface area contributed by atoms with Crippen molar-refractivity contribution in [1.29, 1.82) is 0 Å². The number of benzene rings is 1. The minimum Gasteiger partial charge on any atom is -0.371 e. The van der Waals surface area contributed by atoms with Crippen molar-refractivity contribution < 1.29 is 13.9 Å². The van der Waals surface area contributed by atoms with Crippen LogP contribution in [0.25, 0.3) is 0 Å². The number of ether oxygens (including phenoxy) is 1. The van der Waals surface area contributed by atoms with Gasteiger partial charge in [0.1, 0.15) is 11.9 Å². The molecule has 0 aliphatic carbocycles. The van der Waals surface area contributed by atoms with Crippen LogP contribution in [0.4, 0.5) is 10.1 Å². The van der Waals surface area contributed by atoms with E-state index in [-0.39, 0.29) is 17.8 Å². The molecule has 0 heterocycles. The number of hydrogen-bond acceptors (Lipinski definition) is 3. The molecule has 0 aliphatic rings. The largest absolute Gasteiger partial charge is 0.371 e. The molecular weight excluding hydrogens is 343 g/mol. The van der Waals surface area contributed by atoms with Crippen molar-refractivity contribution in [3.05, 3.63) is 41.2 Å². The summed E-state index contributed by atoms with van der Waals surface area (Å²) in [6.45, 7) is 10.8. The van der Waals surface area contributed by atoms with Crippen molar-refractivity contribution in [2.24, 2.45) is 0 Å². The molecule has 0 bridgehead atoms. The van der Waals surface area contributed by atoms with E-state index >= 15 is 0 Å². The molecule has 1 aromatic carbocycles. The van der Waals surface area contributed by atoms with Gasteiger partial charge in [-0.1, -0.05) is 17.2 Å². The number of carbonyl (C=O) groups excluding carboxylic acids is 1. The lowest BCUT2D eigenvalue weighted by molar-refractivity contribution is -0.140. The summed E-state index contributed by atoms with van der Waals surface area (Å²) >= 11 is 5.96. The van der Waals surface area contributed by atoms with Crippen molar-refractivity contribution in [1.82, 2.24) is 4.90 Å². The van der Waals surface area contributed by atoms with Crippen molar-refractivity contribution in [3.63, 3.8) is 0 Å².